The van der Waals surface area contributed by atoms with Crippen LogP contribution in [0.1, 0.15) is 12.0 Å². The summed E-state index contributed by atoms with van der Waals surface area (Å²) in [6, 6.07) is 17.0. The largest absolute Gasteiger partial charge is 0.469 e. The second-order valence-electron chi connectivity index (χ2n) is 5.66. The topological polar surface area (TPSA) is 70.4 Å². The third-order valence-corrected chi connectivity index (χ3v) is 4.19. The van der Waals surface area contributed by atoms with Crippen LogP contribution in [0.15, 0.2) is 48.5 Å². The van der Waals surface area contributed by atoms with Crippen molar-refractivity contribution >= 4 is 17.6 Å². The standard InChI is InChI=1S/C19H16N2O3/c1-24-19(23)16-10-18(22)21(12-16)17-8-6-15(7-9-17)14-4-2-13(11-20)3-5-14/h2-9,16H,10,12H2,1H3. The van der Waals surface area contributed by atoms with Crippen molar-refractivity contribution in [3.8, 4) is 17.2 Å². The lowest BCUT2D eigenvalue weighted by Crippen LogP contribution is -2.26. The Morgan fingerprint density at radius 1 is 1.12 bits per heavy atom. The van der Waals surface area contributed by atoms with Crippen LogP contribution in [0.4, 0.5) is 5.69 Å². The SMILES string of the molecule is COC(=O)C1CC(=O)N(c2ccc(-c3ccc(C#N)cc3)cc2)C1. The maximum absolute atomic E-state index is 12.1. The molecule has 1 saturated heterocycles. The maximum atomic E-state index is 12.1. The Balaban J connectivity index is 1.78. The molecule has 0 N–H and O–H groups in total. The first kappa shape index (κ1) is 15.8. The molecule has 1 atom stereocenters. The number of esters is 1. The lowest BCUT2D eigenvalue weighted by molar-refractivity contribution is -0.145. The predicted octanol–water partition coefficient (Wildman–Crippen LogP) is 2.75. The highest BCUT2D eigenvalue weighted by atomic mass is 16.5. The van der Waals surface area contributed by atoms with Gasteiger partial charge in [0.2, 0.25) is 5.91 Å². The molecule has 1 fully saturated rings. The zero-order chi connectivity index (χ0) is 17.1. The molecule has 0 aromatic heterocycles. The molecule has 0 spiro atoms. The minimum Gasteiger partial charge on any atom is -0.469 e. The van der Waals surface area contributed by atoms with Gasteiger partial charge >= 0.3 is 5.97 Å². The van der Waals surface area contributed by atoms with E-state index in [1.54, 1.807) is 17.0 Å². The van der Waals surface area contributed by atoms with Crippen molar-refractivity contribution in [1.82, 2.24) is 0 Å². The normalized spacial score (nSPS) is 16.8. The van der Waals surface area contributed by atoms with Gasteiger partial charge in [0, 0.05) is 18.7 Å². The smallest absolute Gasteiger partial charge is 0.311 e. The number of carbonyl (C=O) groups is 2. The minimum absolute atomic E-state index is 0.0727. The van der Waals surface area contributed by atoms with Crippen LogP contribution < -0.4 is 4.90 Å². The molecule has 0 radical (unpaired) electrons. The molecule has 3 rings (SSSR count). The average molecular weight is 320 g/mol. The Hall–Kier alpha value is -3.13. The average Bonchev–Trinajstić information content (AvgIpc) is 3.03. The van der Waals surface area contributed by atoms with Gasteiger partial charge in [-0.3, -0.25) is 9.59 Å². The van der Waals surface area contributed by atoms with Crippen LogP contribution in [0.5, 0.6) is 0 Å². The second-order valence-corrected chi connectivity index (χ2v) is 5.66. The van der Waals surface area contributed by atoms with Gasteiger partial charge in [-0.25, -0.2) is 0 Å². The molecule has 24 heavy (non-hydrogen) atoms. The highest BCUT2D eigenvalue weighted by Crippen LogP contribution is 2.28. The predicted molar refractivity (Wildman–Crippen MR) is 89.1 cm³/mol. The molecule has 120 valence electrons. The highest BCUT2D eigenvalue weighted by molar-refractivity contribution is 5.99. The van der Waals surface area contributed by atoms with E-state index in [0.717, 1.165) is 16.8 Å². The van der Waals surface area contributed by atoms with Crippen molar-refractivity contribution in [2.24, 2.45) is 5.92 Å². The zero-order valence-corrected chi connectivity index (χ0v) is 13.2. The molecule has 1 heterocycles. The van der Waals surface area contributed by atoms with Gasteiger partial charge in [-0.15, -0.1) is 0 Å². The first-order chi connectivity index (χ1) is 11.6. The van der Waals surface area contributed by atoms with Crippen LogP contribution in [0.25, 0.3) is 11.1 Å². The van der Waals surface area contributed by atoms with Gasteiger partial charge in [0.15, 0.2) is 0 Å². The van der Waals surface area contributed by atoms with E-state index in [0.29, 0.717) is 12.1 Å². The molecule has 2 aromatic carbocycles. The summed E-state index contributed by atoms with van der Waals surface area (Å²) in [5, 5.41) is 8.84. The van der Waals surface area contributed by atoms with Crippen molar-refractivity contribution in [1.29, 1.82) is 5.26 Å². The van der Waals surface area contributed by atoms with E-state index in [9.17, 15) is 9.59 Å². The number of ether oxygens (including phenoxy) is 1. The number of carbonyl (C=O) groups excluding carboxylic acids is 2. The number of nitrogens with zero attached hydrogens (tertiary/aromatic N) is 2. The molecule has 0 aliphatic carbocycles. The number of anilines is 1. The molecular formula is C19H16N2O3. The Bertz CT molecular complexity index is 804. The van der Waals surface area contributed by atoms with Crippen LogP contribution in [-0.2, 0) is 14.3 Å². The van der Waals surface area contributed by atoms with Gasteiger partial charge in [-0.1, -0.05) is 24.3 Å². The number of amides is 1. The number of hydrogen-bond donors (Lipinski definition) is 0. The van der Waals surface area contributed by atoms with Crippen LogP contribution in [0.2, 0.25) is 0 Å². The molecule has 0 bridgehead atoms. The van der Waals surface area contributed by atoms with E-state index in [1.807, 2.05) is 36.4 Å². The van der Waals surface area contributed by atoms with E-state index in [4.69, 9.17) is 10.00 Å². The molecule has 5 heteroatoms. The fourth-order valence-corrected chi connectivity index (χ4v) is 2.85. The molecule has 5 nitrogen and oxygen atoms in total. The van der Waals surface area contributed by atoms with E-state index < -0.39 is 5.92 Å². The summed E-state index contributed by atoms with van der Waals surface area (Å²) < 4.78 is 4.72. The number of rotatable bonds is 3. The van der Waals surface area contributed by atoms with Crippen molar-refractivity contribution in [3.05, 3.63) is 54.1 Å². The highest BCUT2D eigenvalue weighted by Gasteiger charge is 2.35. The van der Waals surface area contributed by atoms with E-state index in [2.05, 4.69) is 6.07 Å². The van der Waals surface area contributed by atoms with Gasteiger partial charge in [0.1, 0.15) is 0 Å². The van der Waals surface area contributed by atoms with Gasteiger partial charge in [0.25, 0.3) is 0 Å². The van der Waals surface area contributed by atoms with Crippen LogP contribution >= 0.6 is 0 Å². The summed E-state index contributed by atoms with van der Waals surface area (Å²) in [6.07, 6.45) is 0.185. The Morgan fingerprint density at radius 3 is 2.25 bits per heavy atom. The minimum atomic E-state index is -0.402. The molecule has 1 unspecified atom stereocenters. The molecule has 1 amide bonds. The number of methoxy groups -OCH3 is 1. The third-order valence-electron chi connectivity index (χ3n) is 4.19. The summed E-state index contributed by atoms with van der Waals surface area (Å²) in [4.78, 5) is 25.3. The van der Waals surface area contributed by atoms with Crippen molar-refractivity contribution in [3.63, 3.8) is 0 Å². The van der Waals surface area contributed by atoms with E-state index in [1.165, 1.54) is 7.11 Å². The Labute approximate surface area is 140 Å². The van der Waals surface area contributed by atoms with Gasteiger partial charge in [-0.2, -0.15) is 5.26 Å². The van der Waals surface area contributed by atoms with Crippen LogP contribution in [0.3, 0.4) is 0 Å². The van der Waals surface area contributed by atoms with Crippen molar-refractivity contribution in [2.45, 2.75) is 6.42 Å². The van der Waals surface area contributed by atoms with Crippen LogP contribution in [0, 0.1) is 17.2 Å². The van der Waals surface area contributed by atoms with Gasteiger partial charge < -0.3 is 9.64 Å². The first-order valence-corrected chi connectivity index (χ1v) is 7.61. The molecule has 1 aliphatic rings. The van der Waals surface area contributed by atoms with E-state index in [-0.39, 0.29) is 18.3 Å². The second kappa shape index (κ2) is 6.55. The zero-order valence-electron chi connectivity index (χ0n) is 13.2. The van der Waals surface area contributed by atoms with Crippen LogP contribution in [-0.4, -0.2) is 25.5 Å². The molecule has 1 aliphatic heterocycles. The summed E-state index contributed by atoms with van der Waals surface area (Å²) in [7, 11) is 1.34. The summed E-state index contributed by atoms with van der Waals surface area (Å²) >= 11 is 0. The van der Waals surface area contributed by atoms with Gasteiger partial charge in [-0.05, 0) is 35.4 Å². The van der Waals surface area contributed by atoms with Crippen molar-refractivity contribution < 1.29 is 14.3 Å². The maximum Gasteiger partial charge on any atom is 0.311 e. The fourth-order valence-electron chi connectivity index (χ4n) is 2.85. The quantitative estimate of drug-likeness (QED) is 0.815. The van der Waals surface area contributed by atoms with Crippen molar-refractivity contribution in [2.75, 3.05) is 18.6 Å². The molecule has 0 saturated carbocycles. The van der Waals surface area contributed by atoms with Gasteiger partial charge in [0.05, 0.1) is 24.7 Å². The number of nitriles is 1. The summed E-state index contributed by atoms with van der Waals surface area (Å²) in [5.41, 5.74) is 3.39. The Kier molecular flexibility index (Phi) is 4.30. The molecule has 2 aromatic rings. The van der Waals surface area contributed by atoms with E-state index >= 15 is 0 Å². The number of hydrogen-bond acceptors (Lipinski definition) is 4. The summed E-state index contributed by atoms with van der Waals surface area (Å²) in [5.74, 6) is -0.822. The lowest BCUT2D eigenvalue weighted by Gasteiger charge is -2.17. The Morgan fingerprint density at radius 2 is 1.71 bits per heavy atom. The number of benzene rings is 2. The molecular weight excluding hydrogens is 304 g/mol. The monoisotopic (exact) mass is 320 g/mol. The first-order valence-electron chi connectivity index (χ1n) is 7.61. The third kappa shape index (κ3) is 2.99. The lowest BCUT2D eigenvalue weighted by atomic mass is 10.0. The fraction of sp³-hybridized carbons (Fsp3) is 0.211. The summed E-state index contributed by atoms with van der Waals surface area (Å²) in [6.45, 7) is 0.349.